The lowest BCUT2D eigenvalue weighted by Gasteiger charge is -2.41. The van der Waals surface area contributed by atoms with Gasteiger partial charge >= 0.3 is 0 Å². The van der Waals surface area contributed by atoms with Crippen LogP contribution in [0, 0.1) is 0 Å². The van der Waals surface area contributed by atoms with Crippen LogP contribution >= 0.6 is 47.2 Å². The van der Waals surface area contributed by atoms with Gasteiger partial charge in [0, 0.05) is 24.5 Å². The SMILES string of the molecule is Cl.O=C(Cc1ccc(Cl)c(Cl)c1)C1(CN2CCCC2)NCCc2ccc(Cl)cc21. The lowest BCUT2D eigenvalue weighted by molar-refractivity contribution is -0.126. The van der Waals surface area contributed by atoms with Crippen molar-refractivity contribution in [1.82, 2.24) is 10.2 Å². The molecule has 0 radical (unpaired) electrons. The second-order valence-electron chi connectivity index (χ2n) is 7.72. The zero-order valence-electron chi connectivity index (χ0n) is 16.0. The summed E-state index contributed by atoms with van der Waals surface area (Å²) in [5.74, 6) is 0.140. The standard InChI is InChI=1S/C22H23Cl3N2O.ClH/c23-17-5-4-16-7-8-26-22(18(16)13-17,14-27-9-1-2-10-27)21(28)12-15-3-6-19(24)20(25)11-15;/h3-6,11,13,26H,1-2,7-10,12,14H2;1H. The zero-order chi connectivity index (χ0) is 19.7. The largest absolute Gasteiger partial charge is 0.301 e. The van der Waals surface area contributed by atoms with Crippen LogP contribution in [0.5, 0.6) is 0 Å². The van der Waals surface area contributed by atoms with E-state index < -0.39 is 5.54 Å². The minimum atomic E-state index is -0.755. The molecule has 0 bridgehead atoms. The predicted octanol–water partition coefficient (Wildman–Crippen LogP) is 5.32. The Morgan fingerprint density at radius 1 is 1.03 bits per heavy atom. The average molecular weight is 474 g/mol. The van der Waals surface area contributed by atoms with Crippen molar-refractivity contribution in [3.8, 4) is 0 Å². The highest BCUT2D eigenvalue weighted by Crippen LogP contribution is 2.35. The first kappa shape index (κ1) is 22.9. The quantitative estimate of drug-likeness (QED) is 0.637. The number of hydrogen-bond acceptors (Lipinski definition) is 3. The summed E-state index contributed by atoms with van der Waals surface area (Å²) < 4.78 is 0. The maximum atomic E-state index is 13.7. The summed E-state index contributed by atoms with van der Waals surface area (Å²) in [7, 11) is 0. The number of Topliss-reactive ketones (excluding diaryl/α,β-unsaturated/α-hetero) is 1. The topological polar surface area (TPSA) is 32.3 Å². The maximum Gasteiger partial charge on any atom is 0.163 e. The van der Waals surface area contributed by atoms with Gasteiger partial charge in [-0.3, -0.25) is 10.1 Å². The molecule has 2 aliphatic heterocycles. The van der Waals surface area contributed by atoms with Gasteiger partial charge in [0.2, 0.25) is 0 Å². The number of benzene rings is 2. The van der Waals surface area contributed by atoms with Gasteiger partial charge in [-0.05, 0) is 73.3 Å². The maximum absolute atomic E-state index is 13.7. The molecule has 1 fully saturated rings. The van der Waals surface area contributed by atoms with Gasteiger partial charge in [0.15, 0.2) is 5.78 Å². The smallest absolute Gasteiger partial charge is 0.163 e. The molecule has 1 N–H and O–H groups in total. The Hall–Kier alpha value is -0.810. The molecule has 2 aliphatic rings. The van der Waals surface area contributed by atoms with Crippen molar-refractivity contribution >= 4 is 53.0 Å². The molecule has 7 heteroatoms. The summed E-state index contributed by atoms with van der Waals surface area (Å²) in [4.78, 5) is 16.1. The summed E-state index contributed by atoms with van der Waals surface area (Å²) >= 11 is 18.6. The fourth-order valence-corrected chi connectivity index (χ4v) is 4.90. The summed E-state index contributed by atoms with van der Waals surface area (Å²) in [6, 6.07) is 11.3. The molecule has 0 aromatic heterocycles. The molecule has 3 nitrogen and oxygen atoms in total. The van der Waals surface area contributed by atoms with Gasteiger partial charge in [0.25, 0.3) is 0 Å². The van der Waals surface area contributed by atoms with Crippen LogP contribution in [0.25, 0.3) is 0 Å². The zero-order valence-corrected chi connectivity index (χ0v) is 19.1. The van der Waals surface area contributed by atoms with Crippen molar-refractivity contribution in [2.75, 3.05) is 26.2 Å². The van der Waals surface area contributed by atoms with E-state index in [4.69, 9.17) is 34.8 Å². The van der Waals surface area contributed by atoms with Crippen LogP contribution in [0.3, 0.4) is 0 Å². The second kappa shape index (κ2) is 9.55. The number of fused-ring (bicyclic) bond motifs is 1. The van der Waals surface area contributed by atoms with E-state index >= 15 is 0 Å². The summed E-state index contributed by atoms with van der Waals surface area (Å²) in [6.07, 6.45) is 3.55. The first-order valence-electron chi connectivity index (χ1n) is 9.71. The fraction of sp³-hybridized carbons (Fsp3) is 0.409. The summed E-state index contributed by atoms with van der Waals surface area (Å²) in [6.45, 7) is 3.49. The minimum absolute atomic E-state index is 0. The Bertz CT molecular complexity index is 898. The van der Waals surface area contributed by atoms with Gasteiger partial charge < -0.3 is 4.90 Å². The van der Waals surface area contributed by atoms with Gasteiger partial charge in [-0.15, -0.1) is 12.4 Å². The highest BCUT2D eigenvalue weighted by atomic mass is 35.5. The second-order valence-corrected chi connectivity index (χ2v) is 8.97. The van der Waals surface area contributed by atoms with Crippen LogP contribution in [0.4, 0.5) is 0 Å². The van der Waals surface area contributed by atoms with Gasteiger partial charge in [0.1, 0.15) is 5.54 Å². The molecular weight excluding hydrogens is 450 g/mol. The normalized spacial score (nSPS) is 21.5. The first-order chi connectivity index (χ1) is 13.5. The lowest BCUT2D eigenvalue weighted by atomic mass is 9.77. The number of ketones is 1. The van der Waals surface area contributed by atoms with Crippen molar-refractivity contribution in [2.24, 2.45) is 0 Å². The number of carbonyl (C=O) groups is 1. The third-order valence-electron chi connectivity index (χ3n) is 5.84. The van der Waals surface area contributed by atoms with Gasteiger partial charge in [-0.25, -0.2) is 0 Å². The van der Waals surface area contributed by atoms with Crippen molar-refractivity contribution in [3.05, 3.63) is 68.2 Å². The molecule has 0 saturated carbocycles. The van der Waals surface area contributed by atoms with Crippen LogP contribution in [0.1, 0.15) is 29.5 Å². The van der Waals surface area contributed by atoms with E-state index in [1.165, 1.54) is 18.4 Å². The van der Waals surface area contributed by atoms with Crippen molar-refractivity contribution < 1.29 is 4.79 Å². The predicted molar refractivity (Wildman–Crippen MR) is 123 cm³/mol. The Balaban J connectivity index is 0.00000240. The number of carbonyl (C=O) groups excluding carboxylic acids is 1. The van der Waals surface area contributed by atoms with Gasteiger partial charge in [-0.2, -0.15) is 0 Å². The third kappa shape index (κ3) is 4.76. The highest BCUT2D eigenvalue weighted by Gasteiger charge is 2.44. The molecule has 2 heterocycles. The number of likely N-dealkylation sites (tertiary alicyclic amines) is 1. The van der Waals surface area contributed by atoms with Crippen LogP contribution in [0.15, 0.2) is 36.4 Å². The molecule has 1 saturated heterocycles. The van der Waals surface area contributed by atoms with E-state index in [-0.39, 0.29) is 18.2 Å². The number of nitrogens with one attached hydrogen (secondary N) is 1. The molecule has 156 valence electrons. The molecule has 0 amide bonds. The van der Waals surface area contributed by atoms with E-state index in [0.29, 0.717) is 28.0 Å². The van der Waals surface area contributed by atoms with Crippen molar-refractivity contribution in [2.45, 2.75) is 31.2 Å². The van der Waals surface area contributed by atoms with Crippen molar-refractivity contribution in [3.63, 3.8) is 0 Å². The summed E-state index contributed by atoms with van der Waals surface area (Å²) in [5.41, 5.74) is 2.33. The number of rotatable bonds is 5. The van der Waals surface area contributed by atoms with Crippen LogP contribution in [0.2, 0.25) is 15.1 Å². The van der Waals surface area contributed by atoms with E-state index in [0.717, 1.165) is 37.2 Å². The Morgan fingerprint density at radius 2 is 1.79 bits per heavy atom. The molecular formula is C22H24Cl4N2O. The molecule has 2 aromatic rings. The molecule has 0 aliphatic carbocycles. The average Bonchev–Trinajstić information content (AvgIpc) is 3.18. The Kier molecular flexibility index (Phi) is 7.53. The van der Waals surface area contributed by atoms with E-state index in [1.54, 1.807) is 12.1 Å². The van der Waals surface area contributed by atoms with Crippen LogP contribution in [-0.2, 0) is 23.2 Å². The van der Waals surface area contributed by atoms with E-state index in [1.807, 2.05) is 18.2 Å². The molecule has 1 unspecified atom stereocenters. The van der Waals surface area contributed by atoms with Crippen molar-refractivity contribution in [1.29, 1.82) is 0 Å². The van der Waals surface area contributed by atoms with Crippen LogP contribution < -0.4 is 5.32 Å². The van der Waals surface area contributed by atoms with Gasteiger partial charge in [0.05, 0.1) is 10.0 Å². The Morgan fingerprint density at radius 3 is 2.52 bits per heavy atom. The van der Waals surface area contributed by atoms with Crippen LogP contribution in [-0.4, -0.2) is 36.9 Å². The number of nitrogens with zero attached hydrogens (tertiary/aromatic N) is 1. The molecule has 2 aromatic carbocycles. The van der Waals surface area contributed by atoms with E-state index in [9.17, 15) is 4.79 Å². The fourth-order valence-electron chi connectivity index (χ4n) is 4.41. The number of halogens is 4. The third-order valence-corrected chi connectivity index (χ3v) is 6.81. The molecule has 4 rings (SSSR count). The molecule has 0 spiro atoms. The highest BCUT2D eigenvalue weighted by molar-refractivity contribution is 6.42. The Labute approximate surface area is 193 Å². The first-order valence-corrected chi connectivity index (χ1v) is 10.8. The number of hydrogen-bond donors (Lipinski definition) is 1. The van der Waals surface area contributed by atoms with Gasteiger partial charge in [-0.1, -0.05) is 46.9 Å². The van der Waals surface area contributed by atoms with E-state index in [2.05, 4.69) is 16.3 Å². The minimum Gasteiger partial charge on any atom is -0.301 e. The summed E-state index contributed by atoms with van der Waals surface area (Å²) in [5, 5.41) is 5.21. The monoisotopic (exact) mass is 472 g/mol. The molecule has 1 atom stereocenters. The molecule has 29 heavy (non-hydrogen) atoms. The lowest BCUT2D eigenvalue weighted by Crippen LogP contribution is -2.59.